The molecule has 9 aromatic rings. The molecule has 0 spiro atoms. The lowest BCUT2D eigenvalue weighted by molar-refractivity contribution is 0.669. The summed E-state index contributed by atoms with van der Waals surface area (Å²) in [5.41, 5.74) is 6.12. The van der Waals surface area contributed by atoms with Crippen LogP contribution in [0.15, 0.2) is 101 Å². The second-order valence-corrected chi connectivity index (χ2v) is 10.3. The minimum atomic E-state index is 0.916. The molecule has 0 fully saturated rings. The maximum absolute atomic E-state index is 6.31. The summed E-state index contributed by atoms with van der Waals surface area (Å²) in [5, 5.41) is 8.43. The highest BCUT2D eigenvalue weighted by Crippen LogP contribution is 2.42. The molecule has 4 heteroatoms. The Morgan fingerprint density at radius 3 is 2.34 bits per heavy atom. The second kappa shape index (κ2) is 6.17. The zero-order chi connectivity index (χ0) is 22.7. The van der Waals surface area contributed by atoms with Crippen LogP contribution in [0.25, 0.3) is 80.5 Å². The van der Waals surface area contributed by atoms with Crippen LogP contribution in [-0.2, 0) is 0 Å². The summed E-state index contributed by atoms with van der Waals surface area (Å²) in [6.45, 7) is 0. The lowest BCUT2D eigenvalue weighted by atomic mass is 10.0. The van der Waals surface area contributed by atoms with Crippen LogP contribution < -0.4 is 0 Å². The van der Waals surface area contributed by atoms with Crippen LogP contribution >= 0.6 is 11.3 Å². The van der Waals surface area contributed by atoms with Gasteiger partial charge in [0.1, 0.15) is 16.8 Å². The number of pyridine rings is 1. The molecule has 4 heterocycles. The maximum Gasteiger partial charge on any atom is 0.146 e. The first-order valence-electron chi connectivity index (χ1n) is 11.7. The van der Waals surface area contributed by atoms with Gasteiger partial charge in [-0.1, -0.05) is 48.5 Å². The van der Waals surface area contributed by atoms with Gasteiger partial charge in [0.05, 0.1) is 16.6 Å². The number of aromatic nitrogens is 2. The van der Waals surface area contributed by atoms with Gasteiger partial charge < -0.3 is 4.42 Å². The van der Waals surface area contributed by atoms with E-state index in [4.69, 9.17) is 9.40 Å². The molecular weight excluding hydrogens is 448 g/mol. The Labute approximate surface area is 202 Å². The van der Waals surface area contributed by atoms with E-state index in [1.165, 1.54) is 36.3 Å². The fraction of sp³-hybridized carbons (Fsp3) is 0. The van der Waals surface area contributed by atoms with Crippen LogP contribution in [0.3, 0.4) is 0 Å². The molecular formula is C31H16N2OS. The summed E-state index contributed by atoms with van der Waals surface area (Å²) in [7, 11) is 0. The van der Waals surface area contributed by atoms with E-state index in [0.717, 1.165) is 44.1 Å². The summed E-state index contributed by atoms with van der Waals surface area (Å²) in [5.74, 6) is 0. The third-order valence-corrected chi connectivity index (χ3v) is 8.48. The third-order valence-electron chi connectivity index (χ3n) is 7.34. The van der Waals surface area contributed by atoms with Crippen LogP contribution in [0.1, 0.15) is 0 Å². The molecule has 0 aliphatic carbocycles. The molecule has 0 unspecified atom stereocenters. The van der Waals surface area contributed by atoms with Gasteiger partial charge in [-0.25, -0.2) is 4.98 Å². The first kappa shape index (κ1) is 18.0. The minimum Gasteiger partial charge on any atom is -0.456 e. The molecule has 9 rings (SSSR count). The smallest absolute Gasteiger partial charge is 0.146 e. The third kappa shape index (κ3) is 2.23. The molecule has 162 valence electrons. The van der Waals surface area contributed by atoms with E-state index < -0.39 is 0 Å². The largest absolute Gasteiger partial charge is 0.456 e. The Kier molecular flexibility index (Phi) is 3.17. The molecule has 0 aliphatic rings. The molecule has 0 amide bonds. The Bertz CT molecular complexity index is 2330. The molecule has 0 saturated heterocycles. The quantitative estimate of drug-likeness (QED) is 0.210. The van der Waals surface area contributed by atoms with Crippen LogP contribution in [0, 0.1) is 0 Å². The summed E-state index contributed by atoms with van der Waals surface area (Å²) in [4.78, 5) is 5.13. The van der Waals surface area contributed by atoms with Gasteiger partial charge >= 0.3 is 0 Å². The average molecular weight is 465 g/mol. The van der Waals surface area contributed by atoms with Crippen molar-refractivity contribution >= 4 is 91.8 Å². The minimum absolute atomic E-state index is 0.916. The summed E-state index contributed by atoms with van der Waals surface area (Å²) >= 11 is 1.85. The number of para-hydroxylation sites is 3. The molecule has 0 atom stereocenters. The molecule has 0 aliphatic heterocycles. The Morgan fingerprint density at radius 1 is 0.543 bits per heavy atom. The molecule has 4 aromatic heterocycles. The van der Waals surface area contributed by atoms with Gasteiger partial charge in [-0.15, -0.1) is 11.3 Å². The first-order chi connectivity index (χ1) is 17.3. The predicted molar refractivity (Wildman–Crippen MR) is 148 cm³/mol. The van der Waals surface area contributed by atoms with Crippen molar-refractivity contribution in [3.05, 3.63) is 97.1 Å². The predicted octanol–water partition coefficient (Wildman–Crippen LogP) is 9.06. The number of nitrogens with zero attached hydrogens (tertiary/aromatic N) is 2. The number of benzene rings is 5. The zero-order valence-electron chi connectivity index (χ0n) is 18.4. The van der Waals surface area contributed by atoms with Gasteiger partial charge in [-0.05, 0) is 53.9 Å². The number of rotatable bonds is 0. The summed E-state index contributed by atoms with van der Waals surface area (Å²) < 4.78 is 11.2. The van der Waals surface area contributed by atoms with Crippen molar-refractivity contribution in [3.8, 4) is 0 Å². The molecule has 0 N–H and O–H groups in total. The number of hydrogen-bond donors (Lipinski definition) is 0. The average Bonchev–Trinajstić information content (AvgIpc) is 3.57. The van der Waals surface area contributed by atoms with Crippen molar-refractivity contribution in [3.63, 3.8) is 0 Å². The van der Waals surface area contributed by atoms with Gasteiger partial charge in [-0.2, -0.15) is 0 Å². The first-order valence-corrected chi connectivity index (χ1v) is 12.5. The Hall–Kier alpha value is -4.41. The number of hydrogen-bond acceptors (Lipinski definition) is 3. The van der Waals surface area contributed by atoms with E-state index in [0.29, 0.717) is 0 Å². The van der Waals surface area contributed by atoms with Crippen molar-refractivity contribution in [2.24, 2.45) is 0 Å². The van der Waals surface area contributed by atoms with E-state index in [1.807, 2.05) is 23.5 Å². The van der Waals surface area contributed by atoms with Crippen molar-refractivity contribution in [1.82, 2.24) is 9.38 Å². The normalized spacial score (nSPS) is 12.6. The zero-order valence-corrected chi connectivity index (χ0v) is 19.3. The number of furan rings is 1. The van der Waals surface area contributed by atoms with E-state index in [-0.39, 0.29) is 0 Å². The van der Waals surface area contributed by atoms with Crippen molar-refractivity contribution in [1.29, 1.82) is 0 Å². The molecule has 0 bridgehead atoms. The van der Waals surface area contributed by atoms with E-state index in [1.54, 1.807) is 0 Å². The number of imidazole rings is 1. The fourth-order valence-corrected chi connectivity index (χ4v) is 6.92. The lowest BCUT2D eigenvalue weighted by Gasteiger charge is -2.10. The van der Waals surface area contributed by atoms with Gasteiger partial charge in [-0.3, -0.25) is 4.40 Å². The molecule has 3 nitrogen and oxygen atoms in total. The van der Waals surface area contributed by atoms with Gasteiger partial charge in [0.25, 0.3) is 0 Å². The van der Waals surface area contributed by atoms with E-state index in [2.05, 4.69) is 89.3 Å². The highest BCUT2D eigenvalue weighted by atomic mass is 32.1. The monoisotopic (exact) mass is 464 g/mol. The molecule has 0 saturated carbocycles. The molecule has 35 heavy (non-hydrogen) atoms. The van der Waals surface area contributed by atoms with Crippen LogP contribution in [0.5, 0.6) is 0 Å². The van der Waals surface area contributed by atoms with E-state index >= 15 is 0 Å². The highest BCUT2D eigenvalue weighted by Gasteiger charge is 2.18. The Morgan fingerprint density at radius 2 is 1.37 bits per heavy atom. The fourth-order valence-electron chi connectivity index (χ4n) is 5.79. The van der Waals surface area contributed by atoms with Crippen LogP contribution in [0.2, 0.25) is 0 Å². The highest BCUT2D eigenvalue weighted by molar-refractivity contribution is 7.25. The lowest BCUT2D eigenvalue weighted by Crippen LogP contribution is -1.91. The summed E-state index contributed by atoms with van der Waals surface area (Å²) in [6, 6.07) is 34.6. The van der Waals surface area contributed by atoms with E-state index in [9.17, 15) is 0 Å². The van der Waals surface area contributed by atoms with Gasteiger partial charge in [0, 0.05) is 41.7 Å². The van der Waals surface area contributed by atoms with Crippen LogP contribution in [0.4, 0.5) is 0 Å². The number of thiophene rings is 1. The molecule has 5 aromatic carbocycles. The van der Waals surface area contributed by atoms with Gasteiger partial charge in [0.2, 0.25) is 0 Å². The van der Waals surface area contributed by atoms with Crippen molar-refractivity contribution in [2.75, 3.05) is 0 Å². The number of fused-ring (bicyclic) bond motifs is 14. The standard InChI is InChI=1S/C31H16N2OS/c1-5-11-27-17(7-1)21-14-26-20(15-28(21)34-27)19-13-22-18-8-2-6-12-29(18)35-30(22)16-23(19)31-32-24-9-3-4-10-25(24)33(26)31/h1-16H. The SMILES string of the molecule is c1ccc2c(c1)nc1c3cc4sc5ccccc5c4cc3c3cc4oc5ccccc5c4cc3n21. The Balaban J connectivity index is 1.60. The van der Waals surface area contributed by atoms with Crippen molar-refractivity contribution in [2.45, 2.75) is 0 Å². The van der Waals surface area contributed by atoms with Gasteiger partial charge in [0.15, 0.2) is 0 Å². The maximum atomic E-state index is 6.31. The topological polar surface area (TPSA) is 30.4 Å². The van der Waals surface area contributed by atoms with Crippen molar-refractivity contribution < 1.29 is 4.42 Å². The molecule has 0 radical (unpaired) electrons. The second-order valence-electron chi connectivity index (χ2n) is 9.22. The van der Waals surface area contributed by atoms with Crippen LogP contribution in [-0.4, -0.2) is 9.38 Å². The summed E-state index contributed by atoms with van der Waals surface area (Å²) in [6.07, 6.45) is 0.